The van der Waals surface area contributed by atoms with Gasteiger partial charge in [0.05, 0.1) is 5.69 Å². The Morgan fingerprint density at radius 3 is 2.92 bits per heavy atom. The third kappa shape index (κ3) is 2.71. The molecule has 0 saturated carbocycles. The van der Waals surface area contributed by atoms with E-state index >= 15 is 0 Å². The molecule has 122 valence electrons. The van der Waals surface area contributed by atoms with Crippen LogP contribution in [0.3, 0.4) is 0 Å². The molecule has 0 spiro atoms. The van der Waals surface area contributed by atoms with Crippen LogP contribution < -0.4 is 10.2 Å². The van der Waals surface area contributed by atoms with Gasteiger partial charge < -0.3 is 15.2 Å². The molecular formula is C18H19N5O. The number of H-pyrrole nitrogens is 1. The van der Waals surface area contributed by atoms with Crippen molar-refractivity contribution in [3.05, 3.63) is 53.9 Å². The van der Waals surface area contributed by atoms with Gasteiger partial charge in [-0.15, -0.1) is 5.10 Å². The highest BCUT2D eigenvalue weighted by atomic mass is 16.1. The molecule has 4 rings (SSSR count). The van der Waals surface area contributed by atoms with Crippen LogP contribution in [-0.2, 0) is 0 Å². The number of aromatic nitrogens is 3. The van der Waals surface area contributed by atoms with E-state index < -0.39 is 0 Å². The number of amides is 1. The average Bonchev–Trinajstić information content (AvgIpc) is 3.03. The van der Waals surface area contributed by atoms with Gasteiger partial charge >= 0.3 is 0 Å². The van der Waals surface area contributed by atoms with Crippen molar-refractivity contribution in [1.29, 1.82) is 0 Å². The molecule has 3 aromatic rings. The Kier molecular flexibility index (Phi) is 3.65. The highest BCUT2D eigenvalue weighted by Crippen LogP contribution is 2.22. The molecule has 0 aliphatic carbocycles. The Hall–Kier alpha value is -2.89. The lowest BCUT2D eigenvalue weighted by Gasteiger charge is -2.39. The van der Waals surface area contributed by atoms with E-state index in [-0.39, 0.29) is 5.91 Å². The van der Waals surface area contributed by atoms with Crippen LogP contribution in [0.4, 0.5) is 5.82 Å². The second-order valence-electron chi connectivity index (χ2n) is 6.26. The zero-order chi connectivity index (χ0) is 16.5. The summed E-state index contributed by atoms with van der Waals surface area (Å²) in [5.74, 6) is 1.33. The summed E-state index contributed by atoms with van der Waals surface area (Å²) in [4.78, 5) is 17.7. The maximum absolute atomic E-state index is 12.4. The molecule has 1 aliphatic heterocycles. The van der Waals surface area contributed by atoms with Crippen LogP contribution in [0.2, 0.25) is 0 Å². The van der Waals surface area contributed by atoms with Crippen LogP contribution in [0, 0.1) is 12.8 Å². The van der Waals surface area contributed by atoms with Crippen molar-refractivity contribution in [3.8, 4) is 0 Å². The third-order valence-corrected chi connectivity index (χ3v) is 4.46. The summed E-state index contributed by atoms with van der Waals surface area (Å²) < 4.78 is 0. The summed E-state index contributed by atoms with van der Waals surface area (Å²) >= 11 is 0. The lowest BCUT2D eigenvalue weighted by atomic mass is 10.00. The highest BCUT2D eigenvalue weighted by molar-refractivity contribution is 6.06. The van der Waals surface area contributed by atoms with E-state index in [1.165, 1.54) is 0 Å². The Bertz CT molecular complexity index is 865. The van der Waals surface area contributed by atoms with Gasteiger partial charge in [-0.3, -0.25) is 4.79 Å². The van der Waals surface area contributed by atoms with Crippen molar-refractivity contribution in [2.45, 2.75) is 6.92 Å². The molecule has 0 atom stereocenters. The molecule has 6 heteroatoms. The number of anilines is 1. The number of hydrogen-bond donors (Lipinski definition) is 2. The van der Waals surface area contributed by atoms with Gasteiger partial charge in [0.15, 0.2) is 5.82 Å². The molecular weight excluding hydrogens is 302 g/mol. The monoisotopic (exact) mass is 321 g/mol. The van der Waals surface area contributed by atoms with Crippen LogP contribution >= 0.6 is 0 Å². The van der Waals surface area contributed by atoms with Gasteiger partial charge in [-0.25, -0.2) is 0 Å². The first-order valence-corrected chi connectivity index (χ1v) is 8.10. The number of hydrogen-bond acceptors (Lipinski definition) is 4. The summed E-state index contributed by atoms with van der Waals surface area (Å²) in [5, 5.41) is 12.3. The first kappa shape index (κ1) is 14.7. The number of carbonyl (C=O) groups excluding carboxylic acids is 1. The van der Waals surface area contributed by atoms with Gasteiger partial charge in [0.2, 0.25) is 0 Å². The molecule has 1 fully saturated rings. The van der Waals surface area contributed by atoms with Crippen molar-refractivity contribution < 1.29 is 4.79 Å². The van der Waals surface area contributed by atoms with E-state index in [1.807, 2.05) is 49.5 Å². The van der Waals surface area contributed by atoms with Crippen LogP contribution in [0.25, 0.3) is 10.9 Å². The second kappa shape index (κ2) is 5.96. The van der Waals surface area contributed by atoms with E-state index in [9.17, 15) is 4.79 Å². The van der Waals surface area contributed by atoms with Gasteiger partial charge in [-0.05, 0) is 37.3 Å². The first-order valence-electron chi connectivity index (χ1n) is 8.10. The maximum Gasteiger partial charge on any atom is 0.251 e. The van der Waals surface area contributed by atoms with Crippen LogP contribution in [0.15, 0.2) is 42.6 Å². The number of fused-ring (bicyclic) bond motifs is 1. The van der Waals surface area contributed by atoms with Gasteiger partial charge in [0.1, 0.15) is 0 Å². The number of nitrogens with one attached hydrogen (secondary N) is 2. The predicted molar refractivity (Wildman–Crippen MR) is 93.1 cm³/mol. The molecule has 0 unspecified atom stereocenters. The lowest BCUT2D eigenvalue weighted by Crippen LogP contribution is -2.51. The first-order chi connectivity index (χ1) is 11.7. The topological polar surface area (TPSA) is 73.9 Å². The van der Waals surface area contributed by atoms with Crippen molar-refractivity contribution in [2.75, 3.05) is 24.5 Å². The van der Waals surface area contributed by atoms with Gasteiger partial charge in [-0.1, -0.05) is 6.07 Å². The number of aromatic amines is 1. The minimum Gasteiger partial charge on any atom is -0.361 e. The zero-order valence-electron chi connectivity index (χ0n) is 13.5. The number of rotatable bonds is 4. The molecule has 1 aliphatic rings. The van der Waals surface area contributed by atoms with E-state index in [4.69, 9.17) is 0 Å². The molecule has 6 nitrogen and oxygen atoms in total. The molecule has 2 aromatic heterocycles. The highest BCUT2D eigenvalue weighted by Gasteiger charge is 2.28. The van der Waals surface area contributed by atoms with E-state index in [0.29, 0.717) is 18.0 Å². The number of nitrogens with zero attached hydrogens (tertiary/aromatic N) is 3. The minimum atomic E-state index is -0.0197. The summed E-state index contributed by atoms with van der Waals surface area (Å²) in [6.45, 7) is 4.39. The molecule has 0 radical (unpaired) electrons. The van der Waals surface area contributed by atoms with E-state index in [1.54, 1.807) is 0 Å². The smallest absolute Gasteiger partial charge is 0.251 e. The summed E-state index contributed by atoms with van der Waals surface area (Å²) in [6, 6.07) is 11.6. The third-order valence-electron chi connectivity index (χ3n) is 4.46. The van der Waals surface area contributed by atoms with Gasteiger partial charge in [-0.2, -0.15) is 5.10 Å². The normalized spacial score (nSPS) is 14.6. The Labute approximate surface area is 139 Å². The Morgan fingerprint density at radius 1 is 1.25 bits per heavy atom. The largest absolute Gasteiger partial charge is 0.361 e. The second-order valence-corrected chi connectivity index (χ2v) is 6.26. The van der Waals surface area contributed by atoms with E-state index in [2.05, 4.69) is 25.4 Å². The maximum atomic E-state index is 12.4. The fourth-order valence-corrected chi connectivity index (χ4v) is 3.06. The lowest BCUT2D eigenvalue weighted by molar-refractivity contribution is 0.0946. The molecule has 3 heterocycles. The molecule has 0 bridgehead atoms. The van der Waals surface area contributed by atoms with Gasteiger partial charge in [0.25, 0.3) is 5.91 Å². The van der Waals surface area contributed by atoms with Crippen LogP contribution in [0.1, 0.15) is 16.1 Å². The quantitative estimate of drug-likeness (QED) is 0.772. The Balaban J connectivity index is 1.33. The molecule has 24 heavy (non-hydrogen) atoms. The summed E-state index contributed by atoms with van der Waals surface area (Å²) in [5.41, 5.74) is 2.62. The van der Waals surface area contributed by atoms with Crippen molar-refractivity contribution >= 4 is 22.6 Å². The van der Waals surface area contributed by atoms with Crippen molar-refractivity contribution in [2.24, 2.45) is 5.92 Å². The van der Waals surface area contributed by atoms with Crippen LogP contribution in [-0.4, -0.2) is 40.7 Å². The number of benzene rings is 1. The molecule has 1 aromatic carbocycles. The molecule has 1 amide bonds. The number of carbonyl (C=O) groups is 1. The van der Waals surface area contributed by atoms with Crippen LogP contribution in [0.5, 0.6) is 0 Å². The van der Waals surface area contributed by atoms with E-state index in [0.717, 1.165) is 35.5 Å². The Morgan fingerprint density at radius 2 is 2.12 bits per heavy atom. The summed E-state index contributed by atoms with van der Waals surface area (Å²) in [6.07, 6.45) is 1.86. The van der Waals surface area contributed by atoms with Gasteiger partial charge in [0, 0.05) is 48.2 Å². The fourth-order valence-electron chi connectivity index (χ4n) is 3.06. The zero-order valence-corrected chi connectivity index (χ0v) is 13.5. The van der Waals surface area contributed by atoms with Crippen molar-refractivity contribution in [1.82, 2.24) is 20.5 Å². The average molecular weight is 321 g/mol. The molecule has 1 saturated heterocycles. The minimum absolute atomic E-state index is 0.0197. The number of aryl methyl sites for hydroxylation is 1. The fraction of sp³-hybridized carbons (Fsp3) is 0.278. The SMILES string of the molecule is Cc1ccc(N2CC(CNC(=O)c3cccc4[nH]ccc34)C2)nn1. The standard InChI is InChI=1S/C18H19N5O/c1-12-5-6-17(22-21-12)23-10-13(11-23)9-20-18(24)15-3-2-4-16-14(15)7-8-19-16/h2-8,13,19H,9-11H2,1H3,(H,20,24). The molecule has 2 N–H and O–H groups in total. The predicted octanol–water partition coefficient (Wildman–Crippen LogP) is 2.13. The van der Waals surface area contributed by atoms with Crippen molar-refractivity contribution in [3.63, 3.8) is 0 Å². The summed E-state index contributed by atoms with van der Waals surface area (Å²) in [7, 11) is 0.